The van der Waals surface area contributed by atoms with Crippen LogP contribution < -0.4 is 0 Å². The van der Waals surface area contributed by atoms with Crippen LogP contribution in [-0.2, 0) is 9.47 Å². The van der Waals surface area contributed by atoms with E-state index in [0.717, 1.165) is 0 Å². The van der Waals surface area contributed by atoms with E-state index in [1.165, 1.54) is 4.99 Å². The predicted octanol–water partition coefficient (Wildman–Crippen LogP) is 3.75. The molecule has 0 aromatic carbocycles. The zero-order valence-electron chi connectivity index (χ0n) is 10.1. The summed E-state index contributed by atoms with van der Waals surface area (Å²) in [4.78, 5) is 1.39. The highest BCUT2D eigenvalue weighted by Crippen LogP contribution is 2.56. The first-order valence-corrected chi connectivity index (χ1v) is 5.07. The van der Waals surface area contributed by atoms with Gasteiger partial charge in [-0.3, -0.25) is 4.74 Å². The smallest absolute Gasteiger partial charge is 0.431 e. The highest BCUT2D eigenvalue weighted by atomic mass is 19.4. The Hall–Kier alpha value is -1.41. The molecule has 0 radical (unpaired) electrons. The van der Waals surface area contributed by atoms with Gasteiger partial charge in [0.25, 0.3) is 6.36 Å². The number of hydrogen-bond acceptors (Lipinski definition) is 3. The minimum Gasteiger partial charge on any atom is -0.467 e. The van der Waals surface area contributed by atoms with Crippen molar-refractivity contribution in [3.63, 3.8) is 0 Å². The van der Waals surface area contributed by atoms with Crippen molar-refractivity contribution in [3.8, 4) is 0 Å². The van der Waals surface area contributed by atoms with Gasteiger partial charge < -0.3 is 4.74 Å². The largest absolute Gasteiger partial charge is 0.467 e. The van der Waals surface area contributed by atoms with Crippen molar-refractivity contribution in [2.45, 2.75) is 36.5 Å². The first-order chi connectivity index (χ1) is 9.95. The maximum atomic E-state index is 13.1. The summed E-state index contributed by atoms with van der Waals surface area (Å²) in [5, 5.41) is 0. The van der Waals surface area contributed by atoms with Crippen LogP contribution in [-0.4, -0.2) is 49.0 Å². The Kier molecular flexibility index (Phi) is 4.53. The summed E-state index contributed by atoms with van der Waals surface area (Å²) in [7, 11) is 0. The first kappa shape index (κ1) is 19.6. The number of hydrogen-bond donors (Lipinski definition) is 0. The highest BCUT2D eigenvalue weighted by molar-refractivity contribution is 5.81. The highest BCUT2D eigenvalue weighted by Gasteiger charge is 2.86. The summed E-state index contributed by atoms with van der Waals surface area (Å²) in [5.74, 6) is -2.57. The molecule has 0 bridgehead atoms. The van der Waals surface area contributed by atoms with E-state index in [1.807, 2.05) is 0 Å². The van der Waals surface area contributed by atoms with Crippen molar-refractivity contribution < 1.29 is 62.2 Å². The van der Waals surface area contributed by atoms with Gasteiger partial charge >= 0.3 is 30.2 Å². The van der Waals surface area contributed by atoms with Crippen LogP contribution in [0.3, 0.4) is 0 Å². The number of aliphatic imine (C=N–C) groups is 1. The molecule has 0 aromatic rings. The van der Waals surface area contributed by atoms with Crippen LogP contribution in [0.2, 0.25) is 0 Å². The topological polar surface area (TPSA) is 30.8 Å². The van der Waals surface area contributed by atoms with Gasteiger partial charge in [0.2, 0.25) is 5.90 Å². The second-order valence-corrected chi connectivity index (χ2v) is 4.01. The van der Waals surface area contributed by atoms with E-state index in [0.29, 0.717) is 0 Å². The lowest BCUT2D eigenvalue weighted by Gasteiger charge is -2.41. The van der Waals surface area contributed by atoms with Crippen LogP contribution in [0.5, 0.6) is 0 Å². The predicted molar refractivity (Wildman–Crippen MR) is 45.2 cm³/mol. The molecule has 1 atom stereocenters. The summed E-state index contributed by atoms with van der Waals surface area (Å²) in [5.41, 5.74) is -6.32. The third kappa shape index (κ3) is 3.42. The number of nitrogens with zero attached hydrogens (tertiary/aromatic N) is 1. The van der Waals surface area contributed by atoms with Gasteiger partial charge in [0.15, 0.2) is 6.61 Å². The molecule has 1 heterocycles. The first-order valence-electron chi connectivity index (χ1n) is 5.07. The van der Waals surface area contributed by atoms with E-state index in [2.05, 4.69) is 9.47 Å². The fourth-order valence-corrected chi connectivity index (χ4v) is 1.42. The third-order valence-corrected chi connectivity index (χ3v) is 2.35. The average molecular weight is 373 g/mol. The van der Waals surface area contributed by atoms with Crippen LogP contribution in [0.15, 0.2) is 4.99 Å². The fraction of sp³-hybridized carbons (Fsp3) is 0.875. The molecular formula is C8H3F12NO2. The van der Waals surface area contributed by atoms with Gasteiger partial charge in [-0.1, -0.05) is 0 Å². The van der Waals surface area contributed by atoms with Crippen LogP contribution in [0, 0.1) is 0 Å². The number of ether oxygens (including phenoxy) is 2. The molecule has 136 valence electrons. The normalized spacial score (nSPS) is 25.0. The SMILES string of the molecule is FC1OC(F)(F)C(C(F)(F)F)(C(F)(F)F)N=C1OCC(F)(F)F. The molecule has 0 amide bonds. The zero-order chi connectivity index (χ0) is 18.5. The molecule has 0 N–H and O–H groups in total. The van der Waals surface area contributed by atoms with E-state index in [9.17, 15) is 52.7 Å². The molecule has 1 unspecified atom stereocenters. The molecule has 23 heavy (non-hydrogen) atoms. The summed E-state index contributed by atoms with van der Waals surface area (Å²) in [6, 6.07) is 0. The average Bonchev–Trinajstić information content (AvgIpc) is 2.21. The molecule has 15 heteroatoms. The second kappa shape index (κ2) is 5.31. The van der Waals surface area contributed by atoms with Gasteiger partial charge in [-0.2, -0.15) is 48.3 Å². The molecule has 0 aromatic heterocycles. The molecule has 1 aliphatic heterocycles. The molecule has 0 spiro atoms. The maximum absolute atomic E-state index is 13.1. The molecule has 0 saturated carbocycles. The molecular weight excluding hydrogens is 370 g/mol. The van der Waals surface area contributed by atoms with Crippen LogP contribution >= 0.6 is 0 Å². The summed E-state index contributed by atoms with van der Waals surface area (Å²) >= 11 is 0. The lowest BCUT2D eigenvalue weighted by molar-refractivity contribution is -0.425. The molecule has 1 rings (SSSR count). The van der Waals surface area contributed by atoms with E-state index in [4.69, 9.17) is 0 Å². The van der Waals surface area contributed by atoms with Gasteiger partial charge in [-0.15, -0.1) is 0 Å². The van der Waals surface area contributed by atoms with Crippen molar-refractivity contribution in [3.05, 3.63) is 0 Å². The van der Waals surface area contributed by atoms with Crippen molar-refractivity contribution in [2.75, 3.05) is 6.61 Å². The standard InChI is InChI=1S/C8H3F12NO2/c9-2-3(22-1-4(10,11)12)21-5(6(13,14)15,7(16,17)18)8(19,20)23-2/h2H,1H2. The monoisotopic (exact) mass is 373 g/mol. The Balaban J connectivity index is 3.47. The third-order valence-electron chi connectivity index (χ3n) is 2.35. The van der Waals surface area contributed by atoms with Crippen LogP contribution in [0.4, 0.5) is 52.7 Å². The van der Waals surface area contributed by atoms with E-state index >= 15 is 0 Å². The number of rotatable bonds is 1. The Morgan fingerprint density at radius 3 is 1.74 bits per heavy atom. The Labute approximate surface area is 117 Å². The van der Waals surface area contributed by atoms with E-state index < -0.39 is 49.0 Å². The lowest BCUT2D eigenvalue weighted by atomic mass is 9.96. The summed E-state index contributed by atoms with van der Waals surface area (Å²) < 4.78 is 156. The quantitative estimate of drug-likeness (QED) is 0.656. The molecule has 0 aliphatic carbocycles. The summed E-state index contributed by atoms with van der Waals surface area (Å²) in [6.45, 7) is -2.58. The fourth-order valence-electron chi connectivity index (χ4n) is 1.42. The van der Waals surface area contributed by atoms with Crippen molar-refractivity contribution in [1.82, 2.24) is 0 Å². The zero-order valence-corrected chi connectivity index (χ0v) is 10.1. The Morgan fingerprint density at radius 2 is 1.39 bits per heavy atom. The van der Waals surface area contributed by atoms with Gasteiger partial charge in [0.1, 0.15) is 0 Å². The van der Waals surface area contributed by atoms with Crippen molar-refractivity contribution in [2.24, 2.45) is 4.99 Å². The molecule has 3 nitrogen and oxygen atoms in total. The van der Waals surface area contributed by atoms with Crippen LogP contribution in [0.1, 0.15) is 0 Å². The van der Waals surface area contributed by atoms with E-state index in [1.54, 1.807) is 0 Å². The van der Waals surface area contributed by atoms with E-state index in [-0.39, 0.29) is 0 Å². The molecule has 0 fully saturated rings. The minimum absolute atomic E-state index is 1.39. The van der Waals surface area contributed by atoms with Gasteiger partial charge in [-0.05, 0) is 0 Å². The number of alkyl halides is 12. The van der Waals surface area contributed by atoms with Crippen LogP contribution in [0.25, 0.3) is 0 Å². The maximum Gasteiger partial charge on any atom is 0.431 e. The Morgan fingerprint density at radius 1 is 0.957 bits per heavy atom. The lowest BCUT2D eigenvalue weighted by Crippen LogP contribution is -2.70. The van der Waals surface area contributed by atoms with Crippen molar-refractivity contribution in [1.29, 1.82) is 0 Å². The minimum atomic E-state index is -6.89. The van der Waals surface area contributed by atoms with Gasteiger partial charge in [0, 0.05) is 0 Å². The number of halogens is 12. The molecule has 1 aliphatic rings. The van der Waals surface area contributed by atoms with Crippen molar-refractivity contribution >= 4 is 5.90 Å². The van der Waals surface area contributed by atoms with Gasteiger partial charge in [0.05, 0.1) is 0 Å². The second-order valence-electron chi connectivity index (χ2n) is 4.01. The van der Waals surface area contributed by atoms with Gasteiger partial charge in [-0.25, -0.2) is 9.38 Å². The summed E-state index contributed by atoms with van der Waals surface area (Å²) in [6.07, 6.45) is -29.2. The molecule has 0 saturated heterocycles. The Bertz CT molecular complexity index is 461.